The number of rotatable bonds is 9. The van der Waals surface area contributed by atoms with Crippen LogP contribution in [0.25, 0.3) is 22.2 Å². The summed E-state index contributed by atoms with van der Waals surface area (Å²) in [5, 5.41) is 7.48. The van der Waals surface area contributed by atoms with Gasteiger partial charge in [-0.15, -0.1) is 0 Å². The van der Waals surface area contributed by atoms with E-state index in [1.54, 1.807) is 18.3 Å². The molecule has 0 aliphatic carbocycles. The summed E-state index contributed by atoms with van der Waals surface area (Å²) in [6.45, 7) is 7.26. The van der Waals surface area contributed by atoms with E-state index in [2.05, 4.69) is 41.4 Å². The highest BCUT2D eigenvalue weighted by molar-refractivity contribution is 6.33. The van der Waals surface area contributed by atoms with Gasteiger partial charge in [-0.25, -0.2) is 9.97 Å². The molecule has 14 heteroatoms. The Labute approximate surface area is 324 Å². The SMILES string of the molecule is O=C1CCC(N2C(=O)c3ccc(N4CCC(CCN5CCC(N6CC[C@@H](Nc7ncc(Cl)c(-c8c[nH]c9ccccc89)n7)C6)CC5)CC4)cc3C2=O)C(=O)N1. The van der Waals surface area contributed by atoms with E-state index in [0.717, 1.165) is 97.8 Å². The summed E-state index contributed by atoms with van der Waals surface area (Å²) >= 11 is 6.57. The van der Waals surface area contributed by atoms with Crippen molar-refractivity contribution >= 4 is 57.8 Å². The van der Waals surface area contributed by atoms with Crippen LogP contribution in [0.4, 0.5) is 11.6 Å². The van der Waals surface area contributed by atoms with Crippen molar-refractivity contribution in [2.24, 2.45) is 5.92 Å². The number of aromatic nitrogens is 3. The topological polar surface area (TPSA) is 147 Å². The van der Waals surface area contributed by atoms with Crippen LogP contribution >= 0.6 is 11.6 Å². The standard InChI is InChI=1S/C41H46ClN9O4/c42-33-23-44-41(47-37(33)32-22-43-34-4-2-1-3-29(32)34)45-26-12-20-50(24-26)27-13-16-48(17-14-27)15-9-25-10-18-49(19-11-25)28-5-6-30-31(21-28)40(55)51(39(30)54)35-7-8-36(52)46-38(35)53/h1-6,21-23,25-27,35,43H,7-20,24H2,(H,44,45,47)(H,46,52,53)/t26-,35?/m1/s1. The number of amides is 4. The van der Waals surface area contributed by atoms with Crippen LogP contribution in [0.5, 0.6) is 0 Å². The molecule has 4 saturated heterocycles. The highest BCUT2D eigenvalue weighted by Gasteiger charge is 2.45. The molecular weight excluding hydrogens is 718 g/mol. The number of likely N-dealkylation sites (tertiary alicyclic amines) is 2. The first-order valence-electron chi connectivity index (χ1n) is 19.7. The summed E-state index contributed by atoms with van der Waals surface area (Å²) in [7, 11) is 0. The Hall–Kier alpha value is -4.85. The van der Waals surface area contributed by atoms with Crippen LogP contribution < -0.4 is 15.5 Å². The van der Waals surface area contributed by atoms with Crippen LogP contribution in [0, 0.1) is 5.92 Å². The van der Waals surface area contributed by atoms with Crippen LogP contribution in [-0.4, -0.2) is 117 Å². The maximum atomic E-state index is 13.3. The first-order chi connectivity index (χ1) is 26.8. The Bertz CT molecular complexity index is 2140. The number of halogens is 1. The molecule has 5 aliphatic heterocycles. The molecular formula is C41H46ClN9O4. The average molecular weight is 764 g/mol. The normalized spacial score (nSPS) is 23.2. The monoisotopic (exact) mass is 763 g/mol. The quantitative estimate of drug-likeness (QED) is 0.201. The van der Waals surface area contributed by atoms with Gasteiger partial charge in [-0.2, -0.15) is 0 Å². The summed E-state index contributed by atoms with van der Waals surface area (Å²) in [5.74, 6) is -0.612. The number of hydrogen-bond donors (Lipinski definition) is 3. The van der Waals surface area contributed by atoms with E-state index in [-0.39, 0.29) is 18.7 Å². The number of piperidine rings is 3. The molecule has 4 amide bonds. The van der Waals surface area contributed by atoms with Gasteiger partial charge in [-0.05, 0) is 94.8 Å². The Morgan fingerprint density at radius 1 is 0.855 bits per heavy atom. The van der Waals surface area contributed by atoms with E-state index in [0.29, 0.717) is 40.1 Å². The lowest BCUT2D eigenvalue weighted by Gasteiger charge is -2.38. The highest BCUT2D eigenvalue weighted by Crippen LogP contribution is 2.35. The Kier molecular flexibility index (Phi) is 9.77. The summed E-state index contributed by atoms with van der Waals surface area (Å²) in [5.41, 5.74) is 4.36. The molecule has 2 aromatic heterocycles. The Balaban J connectivity index is 0.716. The van der Waals surface area contributed by atoms with Crippen molar-refractivity contribution in [1.29, 1.82) is 0 Å². The van der Waals surface area contributed by atoms with Gasteiger partial charge in [0.1, 0.15) is 6.04 Å². The third kappa shape index (κ3) is 7.09. The maximum Gasteiger partial charge on any atom is 0.262 e. The Morgan fingerprint density at radius 2 is 1.65 bits per heavy atom. The number of nitrogens with zero attached hydrogens (tertiary/aromatic N) is 6. The highest BCUT2D eigenvalue weighted by atomic mass is 35.5. The first kappa shape index (κ1) is 35.8. The number of nitrogens with one attached hydrogen (secondary N) is 3. The van der Waals surface area contributed by atoms with E-state index < -0.39 is 23.8 Å². The van der Waals surface area contributed by atoms with Crippen LogP contribution in [-0.2, 0) is 9.59 Å². The zero-order valence-electron chi connectivity index (χ0n) is 30.8. The molecule has 0 bridgehead atoms. The van der Waals surface area contributed by atoms with E-state index >= 15 is 0 Å². The van der Waals surface area contributed by atoms with Gasteiger partial charge < -0.3 is 20.1 Å². The molecule has 55 heavy (non-hydrogen) atoms. The number of imide groups is 2. The number of H-pyrrole nitrogens is 1. The largest absolute Gasteiger partial charge is 0.371 e. The molecule has 5 aliphatic rings. The molecule has 4 fully saturated rings. The molecule has 0 spiro atoms. The van der Waals surface area contributed by atoms with Gasteiger partial charge >= 0.3 is 0 Å². The minimum absolute atomic E-state index is 0.109. The van der Waals surface area contributed by atoms with Crippen molar-refractivity contribution < 1.29 is 19.2 Å². The van der Waals surface area contributed by atoms with Crippen molar-refractivity contribution in [3.63, 3.8) is 0 Å². The smallest absolute Gasteiger partial charge is 0.262 e. The second-order valence-corrected chi connectivity index (χ2v) is 16.1. The van der Waals surface area contributed by atoms with Gasteiger partial charge in [0.25, 0.3) is 11.8 Å². The number of anilines is 2. The molecule has 7 heterocycles. The number of fused-ring (bicyclic) bond motifs is 2. The van der Waals surface area contributed by atoms with Crippen molar-refractivity contribution in [2.45, 2.75) is 69.5 Å². The van der Waals surface area contributed by atoms with Crippen LogP contribution in [0.3, 0.4) is 0 Å². The number of benzene rings is 2. The lowest BCUT2D eigenvalue weighted by molar-refractivity contribution is -0.136. The van der Waals surface area contributed by atoms with Crippen LogP contribution in [0.1, 0.15) is 72.1 Å². The third-order valence-corrected chi connectivity index (χ3v) is 12.7. The van der Waals surface area contributed by atoms with Crippen molar-refractivity contribution in [2.75, 3.05) is 56.0 Å². The molecule has 0 saturated carbocycles. The van der Waals surface area contributed by atoms with Gasteiger partial charge in [0.2, 0.25) is 17.8 Å². The maximum absolute atomic E-state index is 13.3. The fourth-order valence-corrected chi connectivity index (χ4v) is 9.51. The van der Waals surface area contributed by atoms with Crippen molar-refractivity contribution in [3.05, 3.63) is 71.0 Å². The zero-order chi connectivity index (χ0) is 37.6. The van der Waals surface area contributed by atoms with E-state index in [1.165, 1.54) is 19.3 Å². The number of hydrogen-bond acceptors (Lipinski definition) is 10. The minimum Gasteiger partial charge on any atom is -0.371 e. The summed E-state index contributed by atoms with van der Waals surface area (Å²) in [6, 6.07) is 13.5. The molecule has 9 rings (SSSR count). The number of para-hydroxylation sites is 1. The van der Waals surface area contributed by atoms with Gasteiger partial charge in [-0.1, -0.05) is 29.8 Å². The average Bonchev–Trinajstić information content (AvgIpc) is 3.92. The number of carbonyl (C=O) groups is 4. The molecule has 4 aromatic rings. The molecule has 0 radical (unpaired) electrons. The predicted molar refractivity (Wildman–Crippen MR) is 210 cm³/mol. The molecule has 3 N–H and O–H groups in total. The lowest BCUT2D eigenvalue weighted by atomic mass is 9.92. The third-order valence-electron chi connectivity index (χ3n) is 12.5. The Morgan fingerprint density at radius 3 is 2.47 bits per heavy atom. The van der Waals surface area contributed by atoms with E-state index in [4.69, 9.17) is 16.6 Å². The minimum atomic E-state index is -0.951. The molecule has 286 valence electrons. The number of carbonyl (C=O) groups excluding carboxylic acids is 4. The molecule has 2 atom stereocenters. The van der Waals surface area contributed by atoms with Gasteiger partial charge in [0, 0.05) is 73.0 Å². The number of aromatic amines is 1. The van der Waals surface area contributed by atoms with E-state index in [1.807, 2.05) is 30.5 Å². The molecule has 2 aromatic carbocycles. The summed E-state index contributed by atoms with van der Waals surface area (Å²) in [4.78, 5) is 71.8. The lowest BCUT2D eigenvalue weighted by Crippen LogP contribution is -2.54. The fourth-order valence-electron chi connectivity index (χ4n) is 9.32. The van der Waals surface area contributed by atoms with E-state index in [9.17, 15) is 19.2 Å². The van der Waals surface area contributed by atoms with Gasteiger partial charge in [0.15, 0.2) is 0 Å². The predicted octanol–water partition coefficient (Wildman–Crippen LogP) is 4.94. The second kappa shape index (κ2) is 15.0. The molecule has 1 unspecified atom stereocenters. The van der Waals surface area contributed by atoms with Crippen molar-refractivity contribution in [3.8, 4) is 11.3 Å². The van der Waals surface area contributed by atoms with Gasteiger partial charge in [0.05, 0.1) is 28.0 Å². The van der Waals surface area contributed by atoms with Crippen LogP contribution in [0.2, 0.25) is 5.02 Å². The van der Waals surface area contributed by atoms with Crippen molar-refractivity contribution in [1.82, 2.24) is 35.0 Å². The first-order valence-corrected chi connectivity index (χ1v) is 20.1. The zero-order valence-corrected chi connectivity index (χ0v) is 31.6. The fraction of sp³-hybridized carbons (Fsp3) is 0.463. The summed E-state index contributed by atoms with van der Waals surface area (Å²) in [6.07, 6.45) is 10.7. The summed E-state index contributed by atoms with van der Waals surface area (Å²) < 4.78 is 0. The second-order valence-electron chi connectivity index (χ2n) is 15.7. The molecule has 13 nitrogen and oxygen atoms in total. The van der Waals surface area contributed by atoms with Crippen LogP contribution in [0.15, 0.2) is 54.9 Å². The van der Waals surface area contributed by atoms with Gasteiger partial charge in [-0.3, -0.25) is 34.3 Å².